The second kappa shape index (κ2) is 1.74. The quantitative estimate of drug-likeness (QED) is 0.465. The predicted molar refractivity (Wildman–Crippen MR) is 39.2 cm³/mol. The molecule has 0 saturated heterocycles. The van der Waals surface area contributed by atoms with Crippen LogP contribution in [0.1, 0.15) is 33.1 Å². The third kappa shape index (κ3) is 0.720. The molecule has 9 heavy (non-hydrogen) atoms. The summed E-state index contributed by atoms with van der Waals surface area (Å²) in [6.45, 7) is 4.85. The van der Waals surface area contributed by atoms with Crippen molar-refractivity contribution in [3.05, 3.63) is 0 Å². The molecular formula is C9H16. The Bertz CT molecular complexity index is 99.2. The molecule has 52 valence electrons. The highest BCUT2D eigenvalue weighted by atomic mass is 14.5. The lowest BCUT2D eigenvalue weighted by Gasteiger charge is -2.21. The van der Waals surface area contributed by atoms with Crippen LogP contribution >= 0.6 is 0 Å². The summed E-state index contributed by atoms with van der Waals surface area (Å²) >= 11 is 0. The Labute approximate surface area is 57.6 Å². The number of rotatable bonds is 0. The Morgan fingerprint density at radius 3 is 1.44 bits per heavy atom. The summed E-state index contributed by atoms with van der Waals surface area (Å²) in [5.41, 5.74) is 0. The molecule has 0 N–H and O–H groups in total. The molecule has 0 aromatic heterocycles. The van der Waals surface area contributed by atoms with Crippen LogP contribution in [0.25, 0.3) is 0 Å². The summed E-state index contributed by atoms with van der Waals surface area (Å²) in [4.78, 5) is 0. The SMILES string of the molecule is CC1C[C@H]2C[C@@H]1C[C@@H]2C. The van der Waals surface area contributed by atoms with Crippen molar-refractivity contribution in [3.8, 4) is 0 Å². The number of hydrogen-bond acceptors (Lipinski definition) is 0. The van der Waals surface area contributed by atoms with Gasteiger partial charge in [-0.05, 0) is 42.9 Å². The molecule has 0 nitrogen and oxygen atoms in total. The van der Waals surface area contributed by atoms with E-state index in [0.717, 1.165) is 23.7 Å². The van der Waals surface area contributed by atoms with Crippen LogP contribution in [0.5, 0.6) is 0 Å². The first-order valence-corrected chi connectivity index (χ1v) is 4.27. The van der Waals surface area contributed by atoms with Gasteiger partial charge in [-0.3, -0.25) is 0 Å². The van der Waals surface area contributed by atoms with E-state index >= 15 is 0 Å². The molecule has 0 spiro atoms. The van der Waals surface area contributed by atoms with Crippen molar-refractivity contribution in [2.45, 2.75) is 33.1 Å². The van der Waals surface area contributed by atoms with Gasteiger partial charge in [0.25, 0.3) is 0 Å². The zero-order chi connectivity index (χ0) is 6.43. The summed E-state index contributed by atoms with van der Waals surface area (Å²) in [6, 6.07) is 0. The minimum atomic E-state index is 1.06. The lowest BCUT2D eigenvalue weighted by molar-refractivity contribution is 0.288. The average molecular weight is 124 g/mol. The third-order valence-electron chi connectivity index (χ3n) is 3.56. The first kappa shape index (κ1) is 5.76. The first-order valence-electron chi connectivity index (χ1n) is 4.27. The standard InChI is InChI=1S/C9H16/c1-6-3-9-5-8(6)4-7(9)2/h6-9H,3-5H2,1-2H3/t6-,7?,8-,9-/m0/s1. The third-order valence-corrected chi connectivity index (χ3v) is 3.56. The highest BCUT2D eigenvalue weighted by molar-refractivity contribution is 4.91. The van der Waals surface area contributed by atoms with Crippen molar-refractivity contribution in [1.29, 1.82) is 0 Å². The maximum absolute atomic E-state index is 2.43. The first-order chi connectivity index (χ1) is 4.27. The highest BCUT2D eigenvalue weighted by Crippen LogP contribution is 2.51. The van der Waals surface area contributed by atoms with Crippen molar-refractivity contribution in [2.24, 2.45) is 23.7 Å². The topological polar surface area (TPSA) is 0 Å². The number of hydrogen-bond donors (Lipinski definition) is 0. The zero-order valence-electron chi connectivity index (χ0n) is 6.43. The highest BCUT2D eigenvalue weighted by Gasteiger charge is 2.41. The van der Waals surface area contributed by atoms with E-state index in [4.69, 9.17) is 0 Å². The predicted octanol–water partition coefficient (Wildman–Crippen LogP) is 2.69. The molecule has 2 bridgehead atoms. The van der Waals surface area contributed by atoms with E-state index in [2.05, 4.69) is 13.8 Å². The molecule has 2 fully saturated rings. The molecule has 0 heterocycles. The van der Waals surface area contributed by atoms with Crippen LogP contribution in [-0.2, 0) is 0 Å². The van der Waals surface area contributed by atoms with E-state index < -0.39 is 0 Å². The van der Waals surface area contributed by atoms with Crippen LogP contribution in [0.15, 0.2) is 0 Å². The lowest BCUT2D eigenvalue weighted by atomic mass is 9.84. The minimum absolute atomic E-state index is 1.06. The summed E-state index contributed by atoms with van der Waals surface area (Å²) in [5, 5.41) is 0. The van der Waals surface area contributed by atoms with Gasteiger partial charge in [0.2, 0.25) is 0 Å². The zero-order valence-corrected chi connectivity index (χ0v) is 6.43. The molecular weight excluding hydrogens is 108 g/mol. The van der Waals surface area contributed by atoms with Gasteiger partial charge in [0.05, 0.1) is 0 Å². The van der Waals surface area contributed by atoms with Crippen LogP contribution in [0.2, 0.25) is 0 Å². The van der Waals surface area contributed by atoms with Crippen molar-refractivity contribution in [2.75, 3.05) is 0 Å². The van der Waals surface area contributed by atoms with Crippen molar-refractivity contribution in [1.82, 2.24) is 0 Å². The van der Waals surface area contributed by atoms with Crippen molar-refractivity contribution >= 4 is 0 Å². The van der Waals surface area contributed by atoms with Gasteiger partial charge in [-0.15, -0.1) is 0 Å². The molecule has 0 heteroatoms. The molecule has 0 radical (unpaired) electrons. The van der Waals surface area contributed by atoms with Gasteiger partial charge >= 0.3 is 0 Å². The summed E-state index contributed by atoms with van der Waals surface area (Å²) in [7, 11) is 0. The summed E-state index contributed by atoms with van der Waals surface area (Å²) < 4.78 is 0. The van der Waals surface area contributed by atoms with E-state index in [1.165, 1.54) is 12.8 Å². The number of fused-ring (bicyclic) bond motifs is 2. The molecule has 0 aromatic carbocycles. The van der Waals surface area contributed by atoms with Crippen molar-refractivity contribution in [3.63, 3.8) is 0 Å². The van der Waals surface area contributed by atoms with Gasteiger partial charge in [-0.25, -0.2) is 0 Å². The molecule has 2 rings (SSSR count). The molecule has 0 aromatic rings. The van der Waals surface area contributed by atoms with Gasteiger partial charge in [0.1, 0.15) is 0 Å². The molecule has 4 atom stereocenters. The molecule has 0 amide bonds. The van der Waals surface area contributed by atoms with Gasteiger partial charge < -0.3 is 0 Å². The van der Waals surface area contributed by atoms with E-state index in [-0.39, 0.29) is 0 Å². The summed E-state index contributed by atoms with van der Waals surface area (Å²) in [6.07, 6.45) is 4.62. The van der Waals surface area contributed by atoms with E-state index in [0.29, 0.717) is 0 Å². The van der Waals surface area contributed by atoms with Crippen molar-refractivity contribution < 1.29 is 0 Å². The Morgan fingerprint density at radius 1 is 0.778 bits per heavy atom. The van der Waals surface area contributed by atoms with Gasteiger partial charge in [0, 0.05) is 0 Å². The fourth-order valence-electron chi connectivity index (χ4n) is 2.85. The molecule has 1 unspecified atom stereocenters. The van der Waals surface area contributed by atoms with Crippen LogP contribution in [0.4, 0.5) is 0 Å². The molecule has 0 aliphatic heterocycles. The van der Waals surface area contributed by atoms with Crippen LogP contribution in [0.3, 0.4) is 0 Å². The normalized spacial score (nSPS) is 56.7. The van der Waals surface area contributed by atoms with Crippen LogP contribution in [-0.4, -0.2) is 0 Å². The lowest BCUT2D eigenvalue weighted by Crippen LogP contribution is -2.12. The van der Waals surface area contributed by atoms with E-state index in [9.17, 15) is 0 Å². The Hall–Kier alpha value is 0. The second-order valence-corrected chi connectivity index (χ2v) is 4.18. The van der Waals surface area contributed by atoms with Gasteiger partial charge in [-0.2, -0.15) is 0 Å². The van der Waals surface area contributed by atoms with E-state index in [1.807, 2.05) is 0 Å². The largest absolute Gasteiger partial charge is 0.0622 e. The smallest absolute Gasteiger partial charge is 0.0383 e. The Balaban J connectivity index is 2.10. The van der Waals surface area contributed by atoms with Gasteiger partial charge in [-0.1, -0.05) is 13.8 Å². The fourth-order valence-corrected chi connectivity index (χ4v) is 2.85. The van der Waals surface area contributed by atoms with Crippen LogP contribution < -0.4 is 0 Å². The van der Waals surface area contributed by atoms with Gasteiger partial charge in [0.15, 0.2) is 0 Å². The minimum Gasteiger partial charge on any atom is -0.0622 e. The van der Waals surface area contributed by atoms with E-state index in [1.54, 1.807) is 6.42 Å². The second-order valence-electron chi connectivity index (χ2n) is 4.18. The maximum Gasteiger partial charge on any atom is -0.0383 e. The maximum atomic E-state index is 2.43. The molecule has 2 aliphatic carbocycles. The average Bonchev–Trinajstić information content (AvgIpc) is 2.24. The monoisotopic (exact) mass is 124 g/mol. The van der Waals surface area contributed by atoms with Crippen LogP contribution in [0, 0.1) is 23.7 Å². The molecule has 2 saturated carbocycles. The Kier molecular flexibility index (Phi) is 1.12. The molecule has 2 aliphatic rings. The fraction of sp³-hybridized carbons (Fsp3) is 1.00. The Morgan fingerprint density at radius 2 is 1.22 bits per heavy atom. The summed E-state index contributed by atoms with van der Waals surface area (Å²) in [5.74, 6) is 4.35.